The zero-order valence-electron chi connectivity index (χ0n) is 28.8. The van der Waals surface area contributed by atoms with Crippen molar-refractivity contribution in [2.45, 2.75) is 0 Å². The Morgan fingerprint density at radius 1 is 0.358 bits per heavy atom. The second kappa shape index (κ2) is 11.9. The maximum atomic E-state index is 2.42. The number of rotatable bonds is 5. The number of hydrogen-bond donors (Lipinski definition) is 0. The molecular weight excluding hydrogens is 661 g/mol. The summed E-state index contributed by atoms with van der Waals surface area (Å²) < 4.78 is 5.01. The van der Waals surface area contributed by atoms with Crippen molar-refractivity contribution in [1.29, 1.82) is 0 Å². The van der Waals surface area contributed by atoms with E-state index < -0.39 is 0 Å². The van der Waals surface area contributed by atoms with Gasteiger partial charge in [0.15, 0.2) is 0 Å². The van der Waals surface area contributed by atoms with Gasteiger partial charge in [-0.15, -0.1) is 11.3 Å². The molecule has 0 radical (unpaired) electrons. The van der Waals surface area contributed by atoms with E-state index in [1.54, 1.807) is 0 Å². The highest BCUT2D eigenvalue weighted by atomic mass is 32.1. The maximum absolute atomic E-state index is 2.42. The maximum Gasteiger partial charge on any atom is 0.0547 e. The molecule has 0 bridgehead atoms. The number of fused-ring (bicyclic) bond motifs is 9. The molecule has 248 valence electrons. The zero-order chi connectivity index (χ0) is 34.9. The smallest absolute Gasteiger partial charge is 0.0547 e. The molecule has 3 heteroatoms. The van der Waals surface area contributed by atoms with Crippen molar-refractivity contribution < 1.29 is 0 Å². The fourth-order valence-electron chi connectivity index (χ4n) is 8.24. The molecule has 0 saturated carbocycles. The van der Waals surface area contributed by atoms with Crippen molar-refractivity contribution in [3.8, 4) is 16.8 Å². The fraction of sp³-hybridized carbons (Fsp3) is 0. The van der Waals surface area contributed by atoms with Gasteiger partial charge in [-0.05, 0) is 105 Å². The minimum absolute atomic E-state index is 1.12. The Balaban J connectivity index is 1.15. The lowest BCUT2D eigenvalue weighted by Crippen LogP contribution is -2.09. The van der Waals surface area contributed by atoms with Crippen LogP contribution < -0.4 is 4.90 Å². The van der Waals surface area contributed by atoms with Crippen molar-refractivity contribution >= 4 is 91.9 Å². The highest BCUT2D eigenvalue weighted by Crippen LogP contribution is 2.44. The quantitative estimate of drug-likeness (QED) is 0.174. The Hall–Kier alpha value is -6.68. The lowest BCUT2D eigenvalue weighted by Gasteiger charge is -2.26. The fourth-order valence-corrected chi connectivity index (χ4v) is 9.41. The van der Waals surface area contributed by atoms with Crippen LogP contribution in [0.25, 0.3) is 80.3 Å². The monoisotopic (exact) mass is 692 g/mol. The Morgan fingerprint density at radius 2 is 0.962 bits per heavy atom. The molecule has 0 fully saturated rings. The van der Waals surface area contributed by atoms with Crippen molar-refractivity contribution in [3.05, 3.63) is 194 Å². The number of anilines is 3. The van der Waals surface area contributed by atoms with E-state index in [1.165, 1.54) is 74.6 Å². The first-order valence-corrected chi connectivity index (χ1v) is 18.9. The van der Waals surface area contributed by atoms with Gasteiger partial charge in [-0.25, -0.2) is 0 Å². The molecule has 11 rings (SSSR count). The topological polar surface area (TPSA) is 8.17 Å². The minimum Gasteiger partial charge on any atom is -0.310 e. The first-order valence-electron chi connectivity index (χ1n) is 18.1. The summed E-state index contributed by atoms with van der Waals surface area (Å²) in [6.45, 7) is 0. The van der Waals surface area contributed by atoms with Crippen LogP contribution in [-0.4, -0.2) is 4.57 Å². The predicted octanol–water partition coefficient (Wildman–Crippen LogP) is 14.6. The molecule has 0 saturated heterocycles. The van der Waals surface area contributed by atoms with Crippen LogP contribution in [0.5, 0.6) is 0 Å². The summed E-state index contributed by atoms with van der Waals surface area (Å²) in [4.78, 5) is 2.42. The van der Waals surface area contributed by atoms with Gasteiger partial charge in [0, 0.05) is 53.7 Å². The number of para-hydroxylation sites is 1. The van der Waals surface area contributed by atoms with Gasteiger partial charge in [-0.1, -0.05) is 121 Å². The number of hydrogen-bond acceptors (Lipinski definition) is 2. The van der Waals surface area contributed by atoms with Crippen LogP contribution in [0.2, 0.25) is 0 Å². The van der Waals surface area contributed by atoms with Gasteiger partial charge in [0.25, 0.3) is 0 Å². The van der Waals surface area contributed by atoms with Crippen molar-refractivity contribution in [2.24, 2.45) is 0 Å². The second-order valence-corrected chi connectivity index (χ2v) is 14.9. The lowest BCUT2D eigenvalue weighted by atomic mass is 10.0. The van der Waals surface area contributed by atoms with Crippen LogP contribution in [0.4, 0.5) is 17.1 Å². The van der Waals surface area contributed by atoms with E-state index in [9.17, 15) is 0 Å². The summed E-state index contributed by atoms with van der Waals surface area (Å²) in [7, 11) is 0. The highest BCUT2D eigenvalue weighted by Gasteiger charge is 2.20. The molecule has 2 nitrogen and oxygen atoms in total. The van der Waals surface area contributed by atoms with Gasteiger partial charge >= 0.3 is 0 Å². The second-order valence-electron chi connectivity index (χ2n) is 13.8. The summed E-state index contributed by atoms with van der Waals surface area (Å²) in [5.74, 6) is 0. The standard InChI is InChI=1S/C50H32N2S/c1-3-11-33(12-4-1)34-19-22-39(23-20-34)51(41-24-26-43-44-29-36-14-7-8-15-37(36)30-48(44)53-49(43)32-41)40-25-28-46-45(31-40)50-42-18-10-9-13-35(42)21-27-47(50)52(46)38-16-5-2-6-17-38/h1-32H. The first-order chi connectivity index (χ1) is 26.3. The van der Waals surface area contributed by atoms with E-state index in [4.69, 9.17) is 0 Å². The molecule has 0 N–H and O–H groups in total. The molecular formula is C50H32N2S. The number of nitrogens with zero attached hydrogens (tertiary/aromatic N) is 2. The number of thiophene rings is 1. The van der Waals surface area contributed by atoms with E-state index in [-0.39, 0.29) is 0 Å². The summed E-state index contributed by atoms with van der Waals surface area (Å²) in [6.07, 6.45) is 0. The van der Waals surface area contributed by atoms with Gasteiger partial charge < -0.3 is 9.47 Å². The average molecular weight is 693 g/mol. The minimum atomic E-state index is 1.12. The summed E-state index contributed by atoms with van der Waals surface area (Å²) >= 11 is 1.87. The van der Waals surface area contributed by atoms with Crippen LogP contribution in [-0.2, 0) is 0 Å². The van der Waals surface area contributed by atoms with Gasteiger partial charge in [-0.2, -0.15) is 0 Å². The molecule has 0 amide bonds. The van der Waals surface area contributed by atoms with E-state index in [1.807, 2.05) is 11.3 Å². The zero-order valence-corrected chi connectivity index (χ0v) is 29.6. The molecule has 0 spiro atoms. The van der Waals surface area contributed by atoms with Gasteiger partial charge in [0.05, 0.1) is 11.0 Å². The molecule has 2 aromatic heterocycles. The molecule has 0 aliphatic carbocycles. The third-order valence-electron chi connectivity index (χ3n) is 10.7. The molecule has 0 atom stereocenters. The Bertz CT molecular complexity index is 3160. The number of benzene rings is 9. The highest BCUT2D eigenvalue weighted by molar-refractivity contribution is 7.25. The molecule has 9 aromatic carbocycles. The summed E-state index contributed by atoms with van der Waals surface area (Å²) in [5.41, 5.74) is 9.35. The summed E-state index contributed by atoms with van der Waals surface area (Å²) in [5, 5.41) is 10.2. The summed E-state index contributed by atoms with van der Waals surface area (Å²) in [6, 6.07) is 71.0. The van der Waals surface area contributed by atoms with Gasteiger partial charge in [0.1, 0.15) is 0 Å². The average Bonchev–Trinajstić information content (AvgIpc) is 3.75. The Kier molecular flexibility index (Phi) is 6.76. The van der Waals surface area contributed by atoms with Gasteiger partial charge in [-0.3, -0.25) is 0 Å². The van der Waals surface area contributed by atoms with Crippen molar-refractivity contribution in [3.63, 3.8) is 0 Å². The lowest BCUT2D eigenvalue weighted by molar-refractivity contribution is 1.18. The van der Waals surface area contributed by atoms with E-state index >= 15 is 0 Å². The first kappa shape index (κ1) is 30.0. The van der Waals surface area contributed by atoms with E-state index in [0.717, 1.165) is 22.7 Å². The molecule has 0 unspecified atom stereocenters. The van der Waals surface area contributed by atoms with Gasteiger partial charge in [0.2, 0.25) is 0 Å². The third kappa shape index (κ3) is 4.86. The molecule has 2 heterocycles. The Labute approximate surface area is 311 Å². The van der Waals surface area contributed by atoms with Crippen molar-refractivity contribution in [1.82, 2.24) is 4.57 Å². The SMILES string of the molecule is c1ccc(-c2ccc(N(c3ccc4c(c3)sc3cc5ccccc5cc34)c3ccc4c(c3)c3c5ccccc5ccc3n4-c3ccccc3)cc2)cc1. The third-order valence-corrected chi connectivity index (χ3v) is 11.8. The molecule has 0 aliphatic heterocycles. The van der Waals surface area contributed by atoms with Crippen LogP contribution in [0.15, 0.2) is 194 Å². The normalized spacial score (nSPS) is 11.8. The molecule has 11 aromatic rings. The van der Waals surface area contributed by atoms with E-state index in [0.29, 0.717) is 0 Å². The Morgan fingerprint density at radius 3 is 1.77 bits per heavy atom. The van der Waals surface area contributed by atoms with Crippen LogP contribution in [0.3, 0.4) is 0 Å². The van der Waals surface area contributed by atoms with E-state index in [2.05, 4.69) is 204 Å². The van der Waals surface area contributed by atoms with Crippen LogP contribution in [0.1, 0.15) is 0 Å². The van der Waals surface area contributed by atoms with Crippen LogP contribution in [0, 0.1) is 0 Å². The number of aromatic nitrogens is 1. The largest absolute Gasteiger partial charge is 0.310 e. The molecule has 0 aliphatic rings. The molecule has 53 heavy (non-hydrogen) atoms. The van der Waals surface area contributed by atoms with Crippen LogP contribution >= 0.6 is 11.3 Å². The van der Waals surface area contributed by atoms with Crippen molar-refractivity contribution in [2.75, 3.05) is 4.90 Å². The predicted molar refractivity (Wildman–Crippen MR) is 229 cm³/mol.